The summed E-state index contributed by atoms with van der Waals surface area (Å²) in [7, 11) is -7.47. The van der Waals surface area contributed by atoms with E-state index in [0.29, 0.717) is 11.4 Å². The van der Waals surface area contributed by atoms with Crippen LogP contribution in [-0.2, 0) is 31.3 Å². The molecule has 0 saturated carbocycles. The molecule has 2 atom stereocenters. The maximum atomic E-state index is 13.0. The van der Waals surface area contributed by atoms with Gasteiger partial charge in [-0.2, -0.15) is 4.31 Å². The van der Waals surface area contributed by atoms with Crippen molar-refractivity contribution in [2.24, 2.45) is 0 Å². The number of ether oxygens (including phenoxy) is 1. The number of nitrogens with zero attached hydrogens (tertiary/aromatic N) is 1. The third-order valence-electron chi connectivity index (χ3n) is 5.58. The maximum Gasteiger partial charge on any atom is 0.255 e. The molecule has 2 heterocycles. The molecule has 12 heteroatoms. The molecule has 0 aliphatic carbocycles. The second-order valence-corrected chi connectivity index (χ2v) is 12.2. The second kappa shape index (κ2) is 10.5. The monoisotopic (exact) mass is 533 g/mol. The molecule has 1 aliphatic heterocycles. The first-order valence-electron chi connectivity index (χ1n) is 11.2. The number of hydrogen-bond acceptors (Lipinski definition) is 7. The number of furan rings is 1. The van der Waals surface area contributed by atoms with Gasteiger partial charge in [0.05, 0.1) is 34.8 Å². The third kappa shape index (κ3) is 6.02. The van der Waals surface area contributed by atoms with E-state index in [1.165, 1.54) is 59.1 Å². The van der Waals surface area contributed by atoms with Gasteiger partial charge < -0.3 is 14.5 Å². The molecule has 2 N–H and O–H groups in total. The Morgan fingerprint density at radius 1 is 0.917 bits per heavy atom. The van der Waals surface area contributed by atoms with Gasteiger partial charge in [0.1, 0.15) is 5.76 Å². The molecule has 4 rings (SSSR count). The van der Waals surface area contributed by atoms with Gasteiger partial charge in [-0.15, -0.1) is 0 Å². The van der Waals surface area contributed by atoms with Gasteiger partial charge in [-0.1, -0.05) is 0 Å². The van der Waals surface area contributed by atoms with Crippen molar-refractivity contribution >= 4 is 31.6 Å². The van der Waals surface area contributed by atoms with Gasteiger partial charge in [-0.25, -0.2) is 21.6 Å². The first kappa shape index (κ1) is 26.0. The van der Waals surface area contributed by atoms with Crippen LogP contribution in [0.1, 0.15) is 30.0 Å². The molecule has 10 nitrogen and oxygen atoms in total. The normalized spacial score (nSPS) is 19.2. The zero-order chi connectivity index (χ0) is 25.9. The summed E-state index contributed by atoms with van der Waals surface area (Å²) in [5.74, 6) is 0.0226. The minimum absolute atomic E-state index is 0.0170. The minimum Gasteiger partial charge on any atom is -0.468 e. The van der Waals surface area contributed by atoms with Crippen molar-refractivity contribution in [1.29, 1.82) is 0 Å². The number of anilines is 1. The topological polar surface area (TPSA) is 135 Å². The van der Waals surface area contributed by atoms with Crippen LogP contribution >= 0.6 is 0 Å². The van der Waals surface area contributed by atoms with Crippen LogP contribution in [0.4, 0.5) is 5.69 Å². The van der Waals surface area contributed by atoms with E-state index in [9.17, 15) is 21.6 Å². The Labute approximate surface area is 210 Å². The Morgan fingerprint density at radius 2 is 1.53 bits per heavy atom. The van der Waals surface area contributed by atoms with Gasteiger partial charge in [0.2, 0.25) is 20.0 Å². The van der Waals surface area contributed by atoms with Crippen LogP contribution in [0.2, 0.25) is 0 Å². The highest BCUT2D eigenvalue weighted by atomic mass is 32.2. The third-order valence-corrected chi connectivity index (χ3v) is 8.84. The largest absolute Gasteiger partial charge is 0.468 e. The van der Waals surface area contributed by atoms with Gasteiger partial charge >= 0.3 is 0 Å². The number of morpholine rings is 1. The van der Waals surface area contributed by atoms with Crippen LogP contribution < -0.4 is 10.0 Å². The lowest BCUT2D eigenvalue weighted by Crippen LogP contribution is -2.48. The molecule has 0 radical (unpaired) electrons. The number of hydrogen-bond donors (Lipinski definition) is 2. The summed E-state index contributed by atoms with van der Waals surface area (Å²) in [5.41, 5.74) is 0.646. The van der Waals surface area contributed by atoms with E-state index in [1.807, 2.05) is 13.8 Å². The predicted octanol–water partition coefficient (Wildman–Crippen LogP) is 2.81. The van der Waals surface area contributed by atoms with E-state index in [1.54, 1.807) is 12.1 Å². The fraction of sp³-hybridized carbons (Fsp3) is 0.292. The van der Waals surface area contributed by atoms with E-state index in [0.717, 1.165) is 0 Å². The van der Waals surface area contributed by atoms with Crippen molar-refractivity contribution in [3.63, 3.8) is 0 Å². The zero-order valence-electron chi connectivity index (χ0n) is 19.7. The summed E-state index contributed by atoms with van der Waals surface area (Å²) >= 11 is 0. The summed E-state index contributed by atoms with van der Waals surface area (Å²) in [5, 5.41) is 2.68. The Hall–Kier alpha value is -3.03. The molecule has 1 amide bonds. The average molecular weight is 534 g/mol. The van der Waals surface area contributed by atoms with Gasteiger partial charge in [0, 0.05) is 24.3 Å². The van der Waals surface area contributed by atoms with Crippen LogP contribution in [0.25, 0.3) is 0 Å². The first-order valence-corrected chi connectivity index (χ1v) is 14.2. The Morgan fingerprint density at radius 3 is 2.11 bits per heavy atom. The predicted molar refractivity (Wildman–Crippen MR) is 132 cm³/mol. The quantitative estimate of drug-likeness (QED) is 0.455. The highest BCUT2D eigenvalue weighted by molar-refractivity contribution is 7.89. The standard InChI is InChI=1S/C24H27N3O7S2/c1-17-15-27(16-18(2)34-17)36(31,32)23-9-5-19(6-10-23)24(28)26-20-7-11-22(12-8-20)35(29,30)25-14-21-4-3-13-33-21/h3-13,17-18,25H,14-16H2,1-2H3,(H,26,28)/t17-,18-/m0/s1. The smallest absolute Gasteiger partial charge is 0.255 e. The number of carbonyl (C=O) groups excluding carboxylic acids is 1. The molecule has 0 spiro atoms. The van der Waals surface area contributed by atoms with Crippen molar-refractivity contribution < 1.29 is 30.8 Å². The molecule has 2 aromatic carbocycles. The molecule has 3 aromatic rings. The molecule has 1 aliphatic rings. The summed E-state index contributed by atoms with van der Waals surface area (Å²) in [4.78, 5) is 12.8. The van der Waals surface area contributed by atoms with Crippen molar-refractivity contribution in [3.05, 3.63) is 78.3 Å². The summed E-state index contributed by atoms with van der Waals surface area (Å²) in [6.07, 6.45) is 1.04. The Bertz CT molecular complexity index is 1390. The average Bonchev–Trinajstić information content (AvgIpc) is 3.36. The number of sulfonamides is 2. The van der Waals surface area contributed by atoms with Gasteiger partial charge in [0.25, 0.3) is 5.91 Å². The SMILES string of the molecule is C[C@H]1CN(S(=O)(=O)c2ccc(C(=O)Nc3ccc(S(=O)(=O)NCc4ccco4)cc3)cc2)C[C@H](C)O1. The minimum atomic E-state index is -3.76. The molecule has 0 unspecified atom stereocenters. The lowest BCUT2D eigenvalue weighted by Gasteiger charge is -2.34. The molecule has 192 valence electrons. The van der Waals surface area contributed by atoms with E-state index >= 15 is 0 Å². The van der Waals surface area contributed by atoms with Crippen molar-refractivity contribution in [1.82, 2.24) is 9.03 Å². The van der Waals surface area contributed by atoms with Crippen molar-refractivity contribution in [2.75, 3.05) is 18.4 Å². The number of benzene rings is 2. The second-order valence-electron chi connectivity index (χ2n) is 8.49. The molecule has 1 aromatic heterocycles. The number of rotatable bonds is 8. The van der Waals surface area contributed by atoms with Crippen LogP contribution in [0.5, 0.6) is 0 Å². The Balaban J connectivity index is 1.39. The fourth-order valence-electron chi connectivity index (χ4n) is 3.84. The highest BCUT2D eigenvalue weighted by Gasteiger charge is 2.32. The van der Waals surface area contributed by atoms with Gasteiger partial charge in [0.15, 0.2) is 0 Å². The van der Waals surface area contributed by atoms with Gasteiger partial charge in [-0.3, -0.25) is 4.79 Å². The first-order chi connectivity index (χ1) is 17.0. The molecular weight excluding hydrogens is 506 g/mol. The Kier molecular flexibility index (Phi) is 7.62. The molecular formula is C24H27N3O7S2. The summed E-state index contributed by atoms with van der Waals surface area (Å²) in [6, 6.07) is 14.7. The van der Waals surface area contributed by atoms with E-state index < -0.39 is 26.0 Å². The maximum absolute atomic E-state index is 13.0. The lowest BCUT2D eigenvalue weighted by molar-refractivity contribution is -0.0440. The number of amides is 1. The van der Waals surface area contributed by atoms with E-state index in [-0.39, 0.29) is 47.2 Å². The van der Waals surface area contributed by atoms with E-state index in [4.69, 9.17) is 9.15 Å². The van der Waals surface area contributed by atoms with Crippen LogP contribution in [0.3, 0.4) is 0 Å². The number of nitrogens with one attached hydrogen (secondary N) is 2. The van der Waals surface area contributed by atoms with Crippen LogP contribution in [-0.4, -0.2) is 52.3 Å². The molecule has 36 heavy (non-hydrogen) atoms. The zero-order valence-corrected chi connectivity index (χ0v) is 21.4. The van der Waals surface area contributed by atoms with E-state index in [2.05, 4.69) is 10.0 Å². The van der Waals surface area contributed by atoms with Crippen LogP contribution in [0.15, 0.2) is 81.1 Å². The summed E-state index contributed by atoms with van der Waals surface area (Å²) in [6.45, 7) is 4.19. The molecule has 1 fully saturated rings. The fourth-order valence-corrected chi connectivity index (χ4v) is 6.42. The highest BCUT2D eigenvalue weighted by Crippen LogP contribution is 2.22. The summed E-state index contributed by atoms with van der Waals surface area (Å²) < 4.78 is 65.4. The van der Waals surface area contributed by atoms with Crippen molar-refractivity contribution in [2.45, 2.75) is 42.4 Å². The van der Waals surface area contributed by atoms with Crippen molar-refractivity contribution in [3.8, 4) is 0 Å². The lowest BCUT2D eigenvalue weighted by atomic mass is 10.2. The van der Waals surface area contributed by atoms with Gasteiger partial charge in [-0.05, 0) is 74.5 Å². The van der Waals surface area contributed by atoms with Crippen LogP contribution in [0, 0.1) is 0 Å². The molecule has 0 bridgehead atoms. The number of carbonyl (C=O) groups is 1. The molecule has 1 saturated heterocycles.